The van der Waals surface area contributed by atoms with Gasteiger partial charge in [0.2, 0.25) is 0 Å². The Labute approximate surface area is 140 Å². The molecule has 1 aromatic heterocycles. The van der Waals surface area contributed by atoms with Crippen LogP contribution in [0.5, 0.6) is 0 Å². The van der Waals surface area contributed by atoms with E-state index in [0.717, 1.165) is 18.5 Å². The fourth-order valence-electron chi connectivity index (χ4n) is 3.15. The number of nitrogens with one attached hydrogen (secondary N) is 2. The summed E-state index contributed by atoms with van der Waals surface area (Å²) in [5, 5.41) is 3.11. The van der Waals surface area contributed by atoms with Crippen LogP contribution in [0.1, 0.15) is 37.2 Å². The summed E-state index contributed by atoms with van der Waals surface area (Å²) in [6.07, 6.45) is 3.63. The Morgan fingerprint density at radius 1 is 1.26 bits per heavy atom. The Bertz CT molecular complexity index is 728. The van der Waals surface area contributed by atoms with Crippen LogP contribution >= 0.6 is 12.2 Å². The second-order valence-corrected chi connectivity index (χ2v) is 6.44. The fourth-order valence-corrected chi connectivity index (χ4v) is 3.41. The molecule has 1 aromatic carbocycles. The van der Waals surface area contributed by atoms with E-state index < -0.39 is 0 Å². The summed E-state index contributed by atoms with van der Waals surface area (Å²) in [5.41, 5.74) is 1.39. The summed E-state index contributed by atoms with van der Waals surface area (Å²) in [6.45, 7) is 4.08. The van der Waals surface area contributed by atoms with Gasteiger partial charge in [0, 0.05) is 17.9 Å². The fraction of sp³-hybridized carbons (Fsp3) is 0.412. The van der Waals surface area contributed by atoms with Gasteiger partial charge in [-0.25, -0.2) is 0 Å². The zero-order valence-corrected chi connectivity index (χ0v) is 14.1. The summed E-state index contributed by atoms with van der Waals surface area (Å²) in [7, 11) is 0. The number of para-hydroxylation sites is 1. The summed E-state index contributed by atoms with van der Waals surface area (Å²) in [5.74, 6) is -0.118. The molecule has 2 heterocycles. The molecule has 2 atom stereocenters. The first-order valence-electron chi connectivity index (χ1n) is 7.86. The zero-order valence-electron chi connectivity index (χ0n) is 13.3. The van der Waals surface area contributed by atoms with Crippen LogP contribution in [0.3, 0.4) is 0 Å². The third kappa shape index (κ3) is 3.54. The van der Waals surface area contributed by atoms with Crippen LogP contribution < -0.4 is 5.32 Å². The van der Waals surface area contributed by atoms with Crippen molar-refractivity contribution in [2.24, 2.45) is 0 Å². The van der Waals surface area contributed by atoms with Crippen molar-refractivity contribution < 1.29 is 9.53 Å². The Kier molecular flexibility index (Phi) is 4.63. The maximum Gasteiger partial charge on any atom is 0.270 e. The molecule has 5 nitrogen and oxygen atoms in total. The van der Waals surface area contributed by atoms with E-state index in [1.54, 1.807) is 10.8 Å². The normalized spacial score (nSPS) is 24.3. The zero-order chi connectivity index (χ0) is 16.4. The van der Waals surface area contributed by atoms with Gasteiger partial charge in [0.25, 0.3) is 5.91 Å². The highest BCUT2D eigenvalue weighted by atomic mass is 32.1. The van der Waals surface area contributed by atoms with Gasteiger partial charge in [0.15, 0.2) is 4.77 Å². The third-order valence-electron chi connectivity index (χ3n) is 4.06. The lowest BCUT2D eigenvalue weighted by Crippen LogP contribution is -2.44. The lowest BCUT2D eigenvalue weighted by atomic mass is 10.00. The van der Waals surface area contributed by atoms with Gasteiger partial charge in [-0.3, -0.25) is 9.36 Å². The van der Waals surface area contributed by atoms with Crippen LogP contribution in [-0.4, -0.2) is 33.7 Å². The minimum atomic E-state index is -0.118. The molecule has 1 aliphatic heterocycles. The second kappa shape index (κ2) is 6.68. The van der Waals surface area contributed by atoms with Crippen molar-refractivity contribution >= 4 is 18.1 Å². The Morgan fingerprint density at radius 2 is 1.91 bits per heavy atom. The first-order chi connectivity index (χ1) is 11.0. The highest BCUT2D eigenvalue weighted by Gasteiger charge is 2.26. The maximum absolute atomic E-state index is 12.7. The molecule has 6 heteroatoms. The highest BCUT2D eigenvalue weighted by molar-refractivity contribution is 7.71. The molecule has 1 amide bonds. The topological polar surface area (TPSA) is 59.0 Å². The number of ether oxygens (including phenoxy) is 1. The molecule has 0 saturated carbocycles. The van der Waals surface area contributed by atoms with Crippen molar-refractivity contribution in [1.29, 1.82) is 0 Å². The van der Waals surface area contributed by atoms with Gasteiger partial charge in [-0.2, -0.15) is 0 Å². The summed E-state index contributed by atoms with van der Waals surface area (Å²) in [4.78, 5) is 15.7. The molecule has 122 valence electrons. The van der Waals surface area contributed by atoms with E-state index in [2.05, 4.69) is 10.3 Å². The van der Waals surface area contributed by atoms with Crippen LogP contribution in [0.15, 0.2) is 36.5 Å². The third-order valence-corrected chi connectivity index (χ3v) is 4.36. The Balaban J connectivity index is 1.82. The lowest BCUT2D eigenvalue weighted by Gasteiger charge is -2.32. The van der Waals surface area contributed by atoms with Gasteiger partial charge in [0.05, 0.1) is 12.2 Å². The average molecular weight is 331 g/mol. The van der Waals surface area contributed by atoms with E-state index in [-0.39, 0.29) is 24.2 Å². The van der Waals surface area contributed by atoms with Crippen molar-refractivity contribution in [3.63, 3.8) is 0 Å². The van der Waals surface area contributed by atoms with E-state index in [1.807, 2.05) is 44.2 Å². The predicted octanol–water partition coefficient (Wildman–Crippen LogP) is 3.22. The van der Waals surface area contributed by atoms with Crippen LogP contribution in [-0.2, 0) is 4.74 Å². The number of carbonyl (C=O) groups is 1. The number of nitrogens with zero attached hydrogens (tertiary/aromatic N) is 1. The number of aromatic nitrogens is 2. The van der Waals surface area contributed by atoms with Crippen molar-refractivity contribution in [3.05, 3.63) is 47.0 Å². The van der Waals surface area contributed by atoms with Crippen molar-refractivity contribution in [3.8, 4) is 5.69 Å². The maximum atomic E-state index is 12.7. The van der Waals surface area contributed by atoms with E-state index >= 15 is 0 Å². The molecule has 2 aromatic rings. The number of carbonyl (C=O) groups excluding carboxylic acids is 1. The molecule has 0 radical (unpaired) electrons. The molecular formula is C17H21N3O2S. The van der Waals surface area contributed by atoms with Gasteiger partial charge < -0.3 is 15.0 Å². The summed E-state index contributed by atoms with van der Waals surface area (Å²) >= 11 is 5.32. The van der Waals surface area contributed by atoms with Crippen molar-refractivity contribution in [2.45, 2.75) is 44.9 Å². The van der Waals surface area contributed by atoms with Gasteiger partial charge in [0.1, 0.15) is 5.69 Å². The molecule has 1 aliphatic rings. The smallest absolute Gasteiger partial charge is 0.270 e. The van der Waals surface area contributed by atoms with Gasteiger partial charge in [-0.15, -0.1) is 0 Å². The van der Waals surface area contributed by atoms with E-state index in [9.17, 15) is 4.79 Å². The van der Waals surface area contributed by atoms with Gasteiger partial charge >= 0.3 is 0 Å². The standard InChI is InChI=1S/C17H21N3O2S/c1-11-8-13(9-12(2)22-11)19-16(21)15-10-18-17(23)20(15)14-6-4-3-5-7-14/h3-7,10-13H,8-9H2,1-2H3,(H,18,23)(H,19,21). The predicted molar refractivity (Wildman–Crippen MR) is 91.5 cm³/mol. The van der Waals surface area contributed by atoms with Crippen LogP contribution in [0, 0.1) is 4.77 Å². The minimum absolute atomic E-state index is 0.118. The molecule has 0 bridgehead atoms. The summed E-state index contributed by atoms with van der Waals surface area (Å²) < 4.78 is 7.99. The number of hydrogen-bond acceptors (Lipinski definition) is 3. The van der Waals surface area contributed by atoms with E-state index in [1.165, 1.54) is 0 Å². The Hall–Kier alpha value is -1.92. The minimum Gasteiger partial charge on any atom is -0.375 e. The number of imidazole rings is 1. The molecule has 1 fully saturated rings. The first kappa shape index (κ1) is 16.0. The van der Waals surface area contributed by atoms with Crippen LogP contribution in [0.25, 0.3) is 5.69 Å². The number of aromatic amines is 1. The van der Waals surface area contributed by atoms with E-state index in [0.29, 0.717) is 10.5 Å². The monoisotopic (exact) mass is 331 g/mol. The van der Waals surface area contributed by atoms with Crippen molar-refractivity contribution in [2.75, 3.05) is 0 Å². The molecule has 1 saturated heterocycles. The molecule has 3 rings (SSSR count). The number of rotatable bonds is 3. The average Bonchev–Trinajstić information content (AvgIpc) is 2.89. The van der Waals surface area contributed by atoms with Crippen LogP contribution in [0.4, 0.5) is 0 Å². The molecular weight excluding hydrogens is 310 g/mol. The molecule has 2 unspecified atom stereocenters. The summed E-state index contributed by atoms with van der Waals surface area (Å²) in [6, 6.07) is 9.76. The lowest BCUT2D eigenvalue weighted by molar-refractivity contribution is -0.0408. The first-order valence-corrected chi connectivity index (χ1v) is 8.27. The Morgan fingerprint density at radius 3 is 2.57 bits per heavy atom. The quantitative estimate of drug-likeness (QED) is 0.849. The largest absolute Gasteiger partial charge is 0.375 e. The second-order valence-electron chi connectivity index (χ2n) is 6.05. The molecule has 0 aliphatic carbocycles. The number of H-pyrrole nitrogens is 1. The number of benzene rings is 1. The van der Waals surface area contributed by atoms with Crippen molar-refractivity contribution in [1.82, 2.24) is 14.9 Å². The molecule has 2 N–H and O–H groups in total. The van der Waals surface area contributed by atoms with Gasteiger partial charge in [-0.05, 0) is 51.0 Å². The van der Waals surface area contributed by atoms with E-state index in [4.69, 9.17) is 17.0 Å². The molecule has 23 heavy (non-hydrogen) atoms. The molecule has 0 spiro atoms. The highest BCUT2D eigenvalue weighted by Crippen LogP contribution is 2.20. The number of hydrogen-bond donors (Lipinski definition) is 2. The van der Waals surface area contributed by atoms with Gasteiger partial charge in [-0.1, -0.05) is 18.2 Å². The van der Waals surface area contributed by atoms with Crippen LogP contribution in [0.2, 0.25) is 0 Å². The SMILES string of the molecule is CC1CC(NC(=O)c2c[nH]c(=S)n2-c2ccccc2)CC(C)O1. The number of amides is 1.